The number of nitrogens with zero attached hydrogens (tertiary/aromatic N) is 2. The molecule has 8 nitrogen and oxygen atoms in total. The second kappa shape index (κ2) is 11.4. The number of nitrogens with one attached hydrogen (secondary N) is 2. The number of rotatable bonds is 9. The number of amides is 2. The predicted molar refractivity (Wildman–Crippen MR) is 127 cm³/mol. The minimum absolute atomic E-state index is 0.164. The highest BCUT2D eigenvalue weighted by Crippen LogP contribution is 2.28. The van der Waals surface area contributed by atoms with Gasteiger partial charge in [0.2, 0.25) is 0 Å². The highest BCUT2D eigenvalue weighted by Gasteiger charge is 2.10. The van der Waals surface area contributed by atoms with E-state index < -0.39 is 0 Å². The number of hydrogen-bond acceptors (Lipinski definition) is 6. The van der Waals surface area contributed by atoms with Crippen LogP contribution in [0, 0.1) is 13.8 Å². The van der Waals surface area contributed by atoms with Gasteiger partial charge in [0.25, 0.3) is 11.8 Å². The molecule has 0 aliphatic rings. The number of anilines is 1. The summed E-state index contributed by atoms with van der Waals surface area (Å²) in [6.07, 6.45) is 4.57. The zero-order chi connectivity index (χ0) is 23.6. The highest BCUT2D eigenvalue weighted by atomic mass is 16.5. The molecule has 0 saturated heterocycles. The Morgan fingerprint density at radius 2 is 1.76 bits per heavy atom. The third-order valence-corrected chi connectivity index (χ3v) is 4.74. The SMILES string of the molecule is CCOc1cc(C=NNC(=O)c2ccncc2)ccc1OCC(=O)Nc1ccc(C)c(C)c1. The van der Waals surface area contributed by atoms with Crippen molar-refractivity contribution in [3.05, 3.63) is 83.2 Å². The number of hydrogen-bond donors (Lipinski definition) is 2. The van der Waals surface area contributed by atoms with Gasteiger partial charge in [-0.15, -0.1) is 0 Å². The lowest BCUT2D eigenvalue weighted by atomic mass is 10.1. The first kappa shape index (κ1) is 23.5. The number of carbonyl (C=O) groups is 2. The summed E-state index contributed by atoms with van der Waals surface area (Å²) in [5.41, 5.74) is 6.59. The minimum atomic E-state index is -0.339. The first-order chi connectivity index (χ1) is 16.0. The molecule has 1 aromatic heterocycles. The quantitative estimate of drug-likeness (QED) is 0.384. The summed E-state index contributed by atoms with van der Waals surface area (Å²) in [4.78, 5) is 28.2. The molecule has 170 valence electrons. The molecule has 0 bridgehead atoms. The standard InChI is InChI=1S/C25H26N4O4/c1-4-32-23-14-19(15-27-29-25(31)20-9-11-26-12-10-20)6-8-22(23)33-16-24(30)28-21-7-5-17(2)18(3)13-21/h5-15H,4,16H2,1-3H3,(H,28,30)(H,29,31). The molecule has 0 aliphatic heterocycles. The largest absolute Gasteiger partial charge is 0.490 e. The first-order valence-electron chi connectivity index (χ1n) is 10.5. The molecule has 0 saturated carbocycles. The number of hydrazone groups is 1. The third-order valence-electron chi connectivity index (χ3n) is 4.74. The fraction of sp³-hybridized carbons (Fsp3) is 0.200. The number of ether oxygens (including phenoxy) is 2. The van der Waals surface area contributed by atoms with Crippen molar-refractivity contribution in [3.63, 3.8) is 0 Å². The molecule has 0 atom stereocenters. The number of aromatic nitrogens is 1. The van der Waals surface area contributed by atoms with E-state index in [9.17, 15) is 9.59 Å². The van der Waals surface area contributed by atoms with Gasteiger partial charge < -0.3 is 14.8 Å². The second-order valence-electron chi connectivity index (χ2n) is 7.21. The zero-order valence-corrected chi connectivity index (χ0v) is 18.8. The van der Waals surface area contributed by atoms with E-state index in [1.807, 2.05) is 39.0 Å². The lowest BCUT2D eigenvalue weighted by Crippen LogP contribution is -2.20. The van der Waals surface area contributed by atoms with E-state index in [4.69, 9.17) is 9.47 Å². The number of carbonyl (C=O) groups excluding carboxylic acids is 2. The van der Waals surface area contributed by atoms with Gasteiger partial charge in [-0.2, -0.15) is 5.10 Å². The van der Waals surface area contributed by atoms with Crippen LogP contribution in [0.1, 0.15) is 34.0 Å². The number of pyridine rings is 1. The van der Waals surface area contributed by atoms with Gasteiger partial charge in [0.05, 0.1) is 12.8 Å². The molecule has 0 aliphatic carbocycles. The molecule has 1 heterocycles. The molecule has 33 heavy (non-hydrogen) atoms. The molecule has 3 aromatic rings. The van der Waals surface area contributed by atoms with Crippen LogP contribution in [0.5, 0.6) is 11.5 Å². The maximum Gasteiger partial charge on any atom is 0.271 e. The number of aryl methyl sites for hydroxylation is 2. The summed E-state index contributed by atoms with van der Waals surface area (Å²) in [6.45, 7) is 6.12. The third kappa shape index (κ3) is 6.90. The molecule has 8 heteroatoms. The Morgan fingerprint density at radius 3 is 2.48 bits per heavy atom. The van der Waals surface area contributed by atoms with Gasteiger partial charge in [-0.05, 0) is 79.9 Å². The minimum Gasteiger partial charge on any atom is -0.490 e. The van der Waals surface area contributed by atoms with Crippen LogP contribution in [0.4, 0.5) is 5.69 Å². The maximum atomic E-state index is 12.3. The van der Waals surface area contributed by atoms with E-state index in [1.54, 1.807) is 30.3 Å². The van der Waals surface area contributed by atoms with E-state index >= 15 is 0 Å². The normalized spacial score (nSPS) is 10.6. The van der Waals surface area contributed by atoms with Crippen LogP contribution in [0.2, 0.25) is 0 Å². The fourth-order valence-corrected chi connectivity index (χ4v) is 2.89. The lowest BCUT2D eigenvalue weighted by molar-refractivity contribution is -0.118. The summed E-state index contributed by atoms with van der Waals surface area (Å²) in [7, 11) is 0. The Morgan fingerprint density at radius 1 is 0.970 bits per heavy atom. The Hall–Kier alpha value is -4.20. The van der Waals surface area contributed by atoms with Gasteiger partial charge in [-0.1, -0.05) is 6.07 Å². The molecule has 0 unspecified atom stereocenters. The Kier molecular flexibility index (Phi) is 8.13. The van der Waals surface area contributed by atoms with Crippen molar-refractivity contribution in [2.45, 2.75) is 20.8 Å². The smallest absolute Gasteiger partial charge is 0.271 e. The molecular formula is C25H26N4O4. The van der Waals surface area contributed by atoms with Crippen LogP contribution >= 0.6 is 0 Å². The van der Waals surface area contributed by atoms with Crippen LogP contribution in [0.15, 0.2) is 66.0 Å². The molecule has 0 spiro atoms. The van der Waals surface area contributed by atoms with Crippen LogP contribution in [-0.2, 0) is 4.79 Å². The average molecular weight is 447 g/mol. The van der Waals surface area contributed by atoms with Gasteiger partial charge in [-0.25, -0.2) is 5.43 Å². The van der Waals surface area contributed by atoms with Crippen molar-refractivity contribution in [2.75, 3.05) is 18.5 Å². The van der Waals surface area contributed by atoms with Crippen molar-refractivity contribution < 1.29 is 19.1 Å². The highest BCUT2D eigenvalue weighted by molar-refractivity contribution is 5.94. The first-order valence-corrected chi connectivity index (χ1v) is 10.5. The summed E-state index contributed by atoms with van der Waals surface area (Å²) in [5.74, 6) is 0.296. The van der Waals surface area contributed by atoms with Crippen LogP contribution in [0.25, 0.3) is 0 Å². The second-order valence-corrected chi connectivity index (χ2v) is 7.21. The van der Waals surface area contributed by atoms with Gasteiger partial charge in [0, 0.05) is 23.6 Å². The van der Waals surface area contributed by atoms with E-state index in [2.05, 4.69) is 20.8 Å². The van der Waals surface area contributed by atoms with Gasteiger partial charge in [0.1, 0.15) is 0 Å². The fourth-order valence-electron chi connectivity index (χ4n) is 2.89. The topological polar surface area (TPSA) is 102 Å². The molecule has 0 fully saturated rings. The van der Waals surface area contributed by atoms with Crippen LogP contribution in [0.3, 0.4) is 0 Å². The molecule has 2 amide bonds. The lowest BCUT2D eigenvalue weighted by Gasteiger charge is -2.13. The average Bonchev–Trinajstić information content (AvgIpc) is 2.81. The molecule has 0 radical (unpaired) electrons. The predicted octanol–water partition coefficient (Wildman–Crippen LogP) is 3.88. The van der Waals surface area contributed by atoms with Gasteiger partial charge >= 0.3 is 0 Å². The van der Waals surface area contributed by atoms with Crippen LogP contribution in [-0.4, -0.2) is 36.2 Å². The summed E-state index contributed by atoms with van der Waals surface area (Å²) < 4.78 is 11.3. The summed E-state index contributed by atoms with van der Waals surface area (Å²) in [5, 5.41) is 6.80. The number of benzene rings is 2. The van der Waals surface area contributed by atoms with Crippen molar-refractivity contribution in [1.82, 2.24) is 10.4 Å². The Balaban J connectivity index is 1.60. The molecule has 2 N–H and O–H groups in total. The summed E-state index contributed by atoms with van der Waals surface area (Å²) in [6, 6.07) is 14.1. The Labute approximate surface area is 192 Å². The van der Waals surface area contributed by atoms with E-state index in [0.717, 1.165) is 16.8 Å². The molecule has 3 rings (SSSR count). The van der Waals surface area contributed by atoms with Gasteiger partial charge in [0.15, 0.2) is 18.1 Å². The van der Waals surface area contributed by atoms with E-state index in [0.29, 0.717) is 29.2 Å². The van der Waals surface area contributed by atoms with E-state index in [-0.39, 0.29) is 18.4 Å². The van der Waals surface area contributed by atoms with E-state index in [1.165, 1.54) is 18.6 Å². The molecular weight excluding hydrogens is 420 g/mol. The Bertz CT molecular complexity index is 1150. The summed E-state index contributed by atoms with van der Waals surface area (Å²) >= 11 is 0. The maximum absolute atomic E-state index is 12.3. The van der Waals surface area contributed by atoms with Crippen molar-refractivity contribution in [2.24, 2.45) is 5.10 Å². The molecule has 2 aromatic carbocycles. The van der Waals surface area contributed by atoms with Crippen molar-refractivity contribution >= 4 is 23.7 Å². The van der Waals surface area contributed by atoms with Crippen molar-refractivity contribution in [3.8, 4) is 11.5 Å². The zero-order valence-electron chi connectivity index (χ0n) is 18.8. The monoisotopic (exact) mass is 446 g/mol. The van der Waals surface area contributed by atoms with Crippen LogP contribution < -0.4 is 20.2 Å². The van der Waals surface area contributed by atoms with Gasteiger partial charge in [-0.3, -0.25) is 14.6 Å². The van der Waals surface area contributed by atoms with Crippen molar-refractivity contribution in [1.29, 1.82) is 0 Å².